The van der Waals surface area contributed by atoms with Crippen LogP contribution in [0.3, 0.4) is 0 Å². The lowest BCUT2D eigenvalue weighted by Crippen LogP contribution is -2.10. The van der Waals surface area contributed by atoms with Crippen molar-refractivity contribution in [3.8, 4) is 28.5 Å². The van der Waals surface area contributed by atoms with Crippen molar-refractivity contribution in [1.82, 2.24) is 9.97 Å². The molecule has 3 rings (SSSR count). The first-order chi connectivity index (χ1) is 15.8. The van der Waals surface area contributed by atoms with Gasteiger partial charge in [0.05, 0.1) is 37.2 Å². The second-order valence-electron chi connectivity index (χ2n) is 7.07. The monoisotopic (exact) mass is 453 g/mol. The van der Waals surface area contributed by atoms with Gasteiger partial charge in [0.1, 0.15) is 5.75 Å². The van der Waals surface area contributed by atoms with Crippen LogP contribution >= 0.6 is 0 Å². The third-order valence-electron chi connectivity index (χ3n) is 4.34. The smallest absolute Gasteiger partial charge is 0.315 e. The SMILES string of the molecule is COc1ccc(-c2cc(=O)[nH]c(N/N=C\c3cc(OC)c(OC(C)C)c([N+](=O)[O-])c3)n2)cc1. The molecule has 1 aromatic heterocycles. The molecule has 33 heavy (non-hydrogen) atoms. The van der Waals surface area contributed by atoms with Gasteiger partial charge in [0, 0.05) is 23.3 Å². The molecule has 0 unspecified atom stereocenters. The van der Waals surface area contributed by atoms with E-state index in [1.807, 2.05) is 0 Å². The Hall–Kier alpha value is -4.41. The summed E-state index contributed by atoms with van der Waals surface area (Å²) in [5.41, 5.74) is 3.55. The van der Waals surface area contributed by atoms with Crippen LogP contribution in [0.1, 0.15) is 19.4 Å². The van der Waals surface area contributed by atoms with E-state index in [9.17, 15) is 14.9 Å². The van der Waals surface area contributed by atoms with E-state index in [2.05, 4.69) is 20.5 Å². The number of hydrazone groups is 1. The minimum Gasteiger partial charge on any atom is -0.497 e. The maximum absolute atomic E-state index is 12.1. The van der Waals surface area contributed by atoms with Crippen molar-refractivity contribution in [1.29, 1.82) is 0 Å². The van der Waals surface area contributed by atoms with Gasteiger partial charge in [0.2, 0.25) is 11.7 Å². The summed E-state index contributed by atoms with van der Waals surface area (Å²) in [4.78, 5) is 29.9. The number of aromatic nitrogens is 2. The Morgan fingerprint density at radius 2 is 1.88 bits per heavy atom. The van der Waals surface area contributed by atoms with E-state index in [1.165, 1.54) is 25.5 Å². The zero-order chi connectivity index (χ0) is 24.0. The van der Waals surface area contributed by atoms with Gasteiger partial charge in [-0.3, -0.25) is 19.9 Å². The average Bonchev–Trinajstić information content (AvgIpc) is 2.79. The molecule has 0 atom stereocenters. The van der Waals surface area contributed by atoms with Crippen molar-refractivity contribution in [3.05, 3.63) is 68.5 Å². The number of nitro benzene ring substituents is 1. The third kappa shape index (κ3) is 5.85. The second kappa shape index (κ2) is 10.3. The molecular formula is C22H23N5O6. The molecule has 0 fully saturated rings. The molecule has 2 N–H and O–H groups in total. The summed E-state index contributed by atoms with van der Waals surface area (Å²) in [6.45, 7) is 3.52. The fraction of sp³-hybridized carbons (Fsp3) is 0.227. The first-order valence-corrected chi connectivity index (χ1v) is 9.88. The molecule has 1 heterocycles. The fourth-order valence-electron chi connectivity index (χ4n) is 2.91. The van der Waals surface area contributed by atoms with Gasteiger partial charge < -0.3 is 14.2 Å². The van der Waals surface area contributed by atoms with Gasteiger partial charge in [-0.15, -0.1) is 0 Å². The van der Waals surface area contributed by atoms with Gasteiger partial charge in [0.15, 0.2) is 5.75 Å². The van der Waals surface area contributed by atoms with Crippen LogP contribution in [-0.4, -0.2) is 41.4 Å². The summed E-state index contributed by atoms with van der Waals surface area (Å²) in [6.07, 6.45) is 1.06. The van der Waals surface area contributed by atoms with E-state index in [4.69, 9.17) is 14.2 Å². The van der Waals surface area contributed by atoms with Crippen LogP contribution in [0.4, 0.5) is 11.6 Å². The first-order valence-electron chi connectivity index (χ1n) is 9.88. The van der Waals surface area contributed by atoms with Gasteiger partial charge in [-0.1, -0.05) is 0 Å². The predicted octanol–water partition coefficient (Wildman–Crippen LogP) is 3.60. The van der Waals surface area contributed by atoms with E-state index in [0.29, 0.717) is 17.0 Å². The second-order valence-corrected chi connectivity index (χ2v) is 7.07. The number of aromatic amines is 1. The molecule has 0 saturated carbocycles. The highest BCUT2D eigenvalue weighted by Gasteiger charge is 2.23. The molecule has 3 aromatic rings. The van der Waals surface area contributed by atoms with Crippen LogP contribution in [0.25, 0.3) is 11.3 Å². The third-order valence-corrected chi connectivity index (χ3v) is 4.34. The lowest BCUT2D eigenvalue weighted by molar-refractivity contribution is -0.386. The van der Waals surface area contributed by atoms with E-state index in [-0.39, 0.29) is 34.8 Å². The van der Waals surface area contributed by atoms with E-state index in [1.54, 1.807) is 51.3 Å². The van der Waals surface area contributed by atoms with Crippen LogP contribution < -0.4 is 25.2 Å². The molecule has 0 saturated heterocycles. The molecule has 11 heteroatoms. The Morgan fingerprint density at radius 3 is 2.48 bits per heavy atom. The van der Waals surface area contributed by atoms with Crippen LogP contribution in [-0.2, 0) is 0 Å². The Balaban J connectivity index is 1.86. The highest BCUT2D eigenvalue weighted by atomic mass is 16.6. The number of H-pyrrole nitrogens is 1. The Kier molecular flexibility index (Phi) is 7.24. The van der Waals surface area contributed by atoms with Crippen molar-refractivity contribution in [2.45, 2.75) is 20.0 Å². The average molecular weight is 453 g/mol. The normalized spacial score (nSPS) is 10.9. The highest BCUT2D eigenvalue weighted by Crippen LogP contribution is 2.38. The van der Waals surface area contributed by atoms with Crippen LogP contribution in [0.15, 0.2) is 52.4 Å². The van der Waals surface area contributed by atoms with Gasteiger partial charge in [0.25, 0.3) is 5.56 Å². The molecular weight excluding hydrogens is 430 g/mol. The summed E-state index contributed by atoms with van der Waals surface area (Å²) in [6, 6.07) is 11.3. The molecule has 0 amide bonds. The number of nitrogens with one attached hydrogen (secondary N) is 2. The molecule has 172 valence electrons. The van der Waals surface area contributed by atoms with Crippen molar-refractivity contribution in [2.24, 2.45) is 5.10 Å². The molecule has 2 aromatic carbocycles. The van der Waals surface area contributed by atoms with Crippen LogP contribution in [0, 0.1) is 10.1 Å². The van der Waals surface area contributed by atoms with Gasteiger partial charge in [-0.25, -0.2) is 10.4 Å². The van der Waals surface area contributed by atoms with Gasteiger partial charge >= 0.3 is 5.69 Å². The topological polar surface area (TPSA) is 141 Å². The van der Waals surface area contributed by atoms with E-state index >= 15 is 0 Å². The number of nitro groups is 1. The number of hydrogen-bond donors (Lipinski definition) is 2. The fourth-order valence-corrected chi connectivity index (χ4v) is 2.91. The standard InChI is InChI=1S/C22H23N5O6/c1-13(2)33-21-18(27(29)30)9-14(10-19(21)32-4)12-23-26-22-24-17(11-20(28)25-22)15-5-7-16(31-3)8-6-15/h5-13H,1-4H3,(H2,24,25,26,28)/b23-12-. The Labute approximate surface area is 189 Å². The van der Waals surface area contributed by atoms with Gasteiger partial charge in [-0.2, -0.15) is 5.10 Å². The van der Waals surface area contributed by atoms with Crippen molar-refractivity contribution in [2.75, 3.05) is 19.6 Å². The van der Waals surface area contributed by atoms with Crippen molar-refractivity contribution < 1.29 is 19.1 Å². The lowest BCUT2D eigenvalue weighted by Gasteiger charge is -2.14. The summed E-state index contributed by atoms with van der Waals surface area (Å²) in [5.74, 6) is 1.03. The molecule has 0 aliphatic heterocycles. The van der Waals surface area contributed by atoms with E-state index in [0.717, 1.165) is 5.56 Å². The van der Waals surface area contributed by atoms with E-state index < -0.39 is 4.92 Å². The molecule has 0 bridgehead atoms. The van der Waals surface area contributed by atoms with Crippen molar-refractivity contribution in [3.63, 3.8) is 0 Å². The number of ether oxygens (including phenoxy) is 3. The molecule has 11 nitrogen and oxygen atoms in total. The number of benzene rings is 2. The highest BCUT2D eigenvalue weighted by molar-refractivity contribution is 5.83. The number of anilines is 1. The maximum atomic E-state index is 12.1. The zero-order valence-electron chi connectivity index (χ0n) is 18.5. The largest absolute Gasteiger partial charge is 0.497 e. The number of hydrogen-bond acceptors (Lipinski definition) is 9. The summed E-state index contributed by atoms with van der Waals surface area (Å²) in [5, 5.41) is 15.6. The van der Waals surface area contributed by atoms with Crippen LogP contribution in [0.2, 0.25) is 0 Å². The molecule has 0 aliphatic rings. The molecule has 0 aliphatic carbocycles. The summed E-state index contributed by atoms with van der Waals surface area (Å²) >= 11 is 0. The minimum absolute atomic E-state index is 0.0424. The molecule has 0 spiro atoms. The number of nitrogens with zero attached hydrogens (tertiary/aromatic N) is 3. The van der Waals surface area contributed by atoms with Crippen molar-refractivity contribution >= 4 is 17.9 Å². The minimum atomic E-state index is -0.553. The lowest BCUT2D eigenvalue weighted by atomic mass is 10.1. The maximum Gasteiger partial charge on any atom is 0.315 e. The van der Waals surface area contributed by atoms with Crippen LogP contribution in [0.5, 0.6) is 17.2 Å². The number of rotatable bonds is 9. The zero-order valence-corrected chi connectivity index (χ0v) is 18.5. The summed E-state index contributed by atoms with van der Waals surface area (Å²) < 4.78 is 15.9. The first kappa shape index (κ1) is 23.3. The van der Waals surface area contributed by atoms with Gasteiger partial charge in [-0.05, 0) is 44.2 Å². The summed E-state index contributed by atoms with van der Waals surface area (Å²) in [7, 11) is 2.96. The number of methoxy groups -OCH3 is 2. The predicted molar refractivity (Wildman–Crippen MR) is 123 cm³/mol. The quantitative estimate of drug-likeness (QED) is 0.284. The Morgan fingerprint density at radius 1 is 1.15 bits per heavy atom. The molecule has 0 radical (unpaired) electrons. The Bertz CT molecular complexity index is 1220.